The largest absolute Gasteiger partial charge is 0.469 e. The molecule has 38 heavy (non-hydrogen) atoms. The van der Waals surface area contributed by atoms with Gasteiger partial charge in [-0.2, -0.15) is 0 Å². The van der Waals surface area contributed by atoms with Crippen molar-refractivity contribution in [3.63, 3.8) is 0 Å². The first-order valence-electron chi connectivity index (χ1n) is 13.1. The molecule has 1 saturated carbocycles. The molecule has 0 amide bonds. The molecule has 10 heteroatoms. The SMILES string of the molecule is COC(=O)CC[C@H]1CC[C@H](c2c[nH]c(=O)n2-c2cnc3c(n2)CCN(Cc2ccccc2)CC3)CC1.Cl.Cl. The summed E-state index contributed by atoms with van der Waals surface area (Å²) < 4.78 is 6.50. The number of benzene rings is 1. The van der Waals surface area contributed by atoms with Gasteiger partial charge in [0.25, 0.3) is 0 Å². The van der Waals surface area contributed by atoms with E-state index in [9.17, 15) is 9.59 Å². The van der Waals surface area contributed by atoms with E-state index in [0.717, 1.165) is 81.7 Å². The number of halogens is 2. The molecule has 2 aliphatic rings. The molecule has 1 aromatic carbocycles. The Balaban J connectivity index is 0.00000200. The molecule has 0 bridgehead atoms. The van der Waals surface area contributed by atoms with Crippen LogP contribution >= 0.6 is 24.8 Å². The van der Waals surface area contributed by atoms with Crippen molar-refractivity contribution in [2.24, 2.45) is 5.92 Å². The number of carbonyl (C=O) groups excluding carboxylic acids is 1. The fraction of sp³-hybridized carbons (Fsp3) is 0.500. The van der Waals surface area contributed by atoms with Crippen molar-refractivity contribution in [2.45, 2.75) is 63.8 Å². The second-order valence-corrected chi connectivity index (χ2v) is 10.1. The monoisotopic (exact) mass is 561 g/mol. The molecule has 1 aliphatic carbocycles. The van der Waals surface area contributed by atoms with Crippen LogP contribution in [0.1, 0.15) is 67.1 Å². The van der Waals surface area contributed by atoms with Crippen LogP contribution in [0.15, 0.2) is 47.5 Å². The van der Waals surface area contributed by atoms with E-state index in [4.69, 9.17) is 14.7 Å². The fourth-order valence-corrected chi connectivity index (χ4v) is 5.69. The van der Waals surface area contributed by atoms with Crippen molar-refractivity contribution in [2.75, 3.05) is 20.2 Å². The van der Waals surface area contributed by atoms with E-state index in [1.54, 1.807) is 10.8 Å². The summed E-state index contributed by atoms with van der Waals surface area (Å²) in [6.07, 6.45) is 10.7. The Morgan fingerprint density at radius 2 is 1.76 bits per heavy atom. The third kappa shape index (κ3) is 7.04. The van der Waals surface area contributed by atoms with Crippen molar-refractivity contribution in [3.8, 4) is 5.82 Å². The number of aromatic amines is 1. The van der Waals surface area contributed by atoms with E-state index in [1.165, 1.54) is 12.7 Å². The Labute approximate surface area is 236 Å². The van der Waals surface area contributed by atoms with E-state index in [1.807, 2.05) is 12.3 Å². The summed E-state index contributed by atoms with van der Waals surface area (Å²) in [5, 5.41) is 0. The second-order valence-electron chi connectivity index (χ2n) is 10.1. The molecule has 1 N–H and O–H groups in total. The Morgan fingerprint density at radius 3 is 2.47 bits per heavy atom. The van der Waals surface area contributed by atoms with Crippen molar-refractivity contribution in [3.05, 3.63) is 75.9 Å². The molecule has 1 aliphatic heterocycles. The minimum atomic E-state index is -0.161. The number of methoxy groups -OCH3 is 1. The number of fused-ring (bicyclic) bond motifs is 1. The molecular formula is C28H37Cl2N5O3. The maximum absolute atomic E-state index is 12.8. The number of esters is 1. The van der Waals surface area contributed by atoms with Crippen LogP contribution < -0.4 is 5.69 Å². The number of nitrogens with one attached hydrogen (secondary N) is 1. The molecule has 3 heterocycles. The standard InChI is InChI=1S/C28H35N5O3.2ClH/c1-36-27(34)12-9-20-7-10-22(11-8-20)25-17-30-28(35)33(25)26-18-29-23-13-15-32(16-14-24(23)31-26)19-21-5-3-2-4-6-21;;/h2-6,17-18,20,22H,7-16,19H2,1H3,(H,30,35);2*1H/t20-,22-;;. The molecule has 5 rings (SSSR count). The average Bonchev–Trinajstić information content (AvgIpc) is 3.19. The highest BCUT2D eigenvalue weighted by molar-refractivity contribution is 5.85. The number of aromatic nitrogens is 4. The van der Waals surface area contributed by atoms with Crippen molar-refractivity contribution >= 4 is 30.8 Å². The van der Waals surface area contributed by atoms with E-state index >= 15 is 0 Å². The molecular weight excluding hydrogens is 525 g/mol. The van der Waals surface area contributed by atoms with E-state index < -0.39 is 0 Å². The van der Waals surface area contributed by atoms with Gasteiger partial charge in [-0.05, 0) is 43.6 Å². The van der Waals surface area contributed by atoms with Gasteiger partial charge >= 0.3 is 11.7 Å². The number of ether oxygens (including phenoxy) is 1. The number of hydrogen-bond donors (Lipinski definition) is 1. The Hall–Kier alpha value is -2.68. The van der Waals surface area contributed by atoms with Crippen molar-refractivity contribution < 1.29 is 9.53 Å². The molecule has 2 aromatic heterocycles. The van der Waals surface area contributed by atoms with Crippen LogP contribution in [0.3, 0.4) is 0 Å². The number of imidazole rings is 1. The van der Waals surface area contributed by atoms with Crippen LogP contribution in [0, 0.1) is 5.92 Å². The van der Waals surface area contributed by atoms with Gasteiger partial charge in [0.2, 0.25) is 0 Å². The number of rotatable bonds is 7. The quantitative estimate of drug-likeness (QED) is 0.423. The van der Waals surface area contributed by atoms with Gasteiger partial charge in [-0.15, -0.1) is 24.8 Å². The third-order valence-electron chi connectivity index (χ3n) is 7.78. The minimum absolute atomic E-state index is 0. The molecule has 0 saturated heterocycles. The van der Waals surface area contributed by atoms with Gasteiger partial charge in [-0.25, -0.2) is 14.3 Å². The zero-order valence-corrected chi connectivity index (χ0v) is 23.4. The Bertz CT molecular complexity index is 1240. The summed E-state index contributed by atoms with van der Waals surface area (Å²) in [5.41, 5.74) is 4.17. The first kappa shape index (κ1) is 29.9. The lowest BCUT2D eigenvalue weighted by Crippen LogP contribution is -2.25. The van der Waals surface area contributed by atoms with Crippen LogP contribution in [-0.4, -0.2) is 50.6 Å². The average molecular weight is 563 g/mol. The third-order valence-corrected chi connectivity index (χ3v) is 7.78. The highest BCUT2D eigenvalue weighted by Gasteiger charge is 2.27. The Kier molecular flexibility index (Phi) is 10.9. The summed E-state index contributed by atoms with van der Waals surface area (Å²) in [7, 11) is 1.44. The summed E-state index contributed by atoms with van der Waals surface area (Å²) in [6.45, 7) is 2.79. The Morgan fingerprint density at radius 1 is 1.05 bits per heavy atom. The first-order chi connectivity index (χ1) is 17.6. The van der Waals surface area contributed by atoms with E-state index in [0.29, 0.717) is 24.1 Å². The zero-order valence-electron chi connectivity index (χ0n) is 21.8. The lowest BCUT2D eigenvalue weighted by molar-refractivity contribution is -0.141. The molecule has 0 atom stereocenters. The molecule has 0 unspecified atom stereocenters. The molecule has 0 radical (unpaired) electrons. The van der Waals surface area contributed by atoms with Crippen LogP contribution in [0.5, 0.6) is 0 Å². The second kappa shape index (κ2) is 13.9. The number of nitrogens with zero attached hydrogens (tertiary/aromatic N) is 4. The van der Waals surface area contributed by atoms with Gasteiger partial charge in [-0.1, -0.05) is 30.3 Å². The van der Waals surface area contributed by atoms with Gasteiger partial charge in [-0.3, -0.25) is 14.7 Å². The van der Waals surface area contributed by atoms with Gasteiger partial charge in [0.05, 0.1) is 24.7 Å². The van der Waals surface area contributed by atoms with Crippen LogP contribution in [0.4, 0.5) is 0 Å². The maximum atomic E-state index is 12.8. The lowest BCUT2D eigenvalue weighted by atomic mass is 9.79. The van der Waals surface area contributed by atoms with Crippen molar-refractivity contribution in [1.82, 2.24) is 24.4 Å². The van der Waals surface area contributed by atoms with Gasteiger partial charge in [0, 0.05) is 56.7 Å². The molecule has 0 spiro atoms. The topological polar surface area (TPSA) is 93.1 Å². The number of carbonyl (C=O) groups is 1. The van der Waals surface area contributed by atoms with Gasteiger partial charge < -0.3 is 9.72 Å². The number of hydrogen-bond acceptors (Lipinski definition) is 6. The smallest absolute Gasteiger partial charge is 0.331 e. The predicted octanol–water partition coefficient (Wildman–Crippen LogP) is 4.63. The highest BCUT2D eigenvalue weighted by atomic mass is 35.5. The zero-order chi connectivity index (χ0) is 24.9. The molecule has 3 aromatic rings. The fourth-order valence-electron chi connectivity index (χ4n) is 5.69. The summed E-state index contributed by atoms with van der Waals surface area (Å²) in [6, 6.07) is 10.5. The summed E-state index contributed by atoms with van der Waals surface area (Å²) >= 11 is 0. The van der Waals surface area contributed by atoms with Gasteiger partial charge in [0.15, 0.2) is 5.82 Å². The van der Waals surface area contributed by atoms with Crippen LogP contribution in [-0.2, 0) is 28.9 Å². The van der Waals surface area contributed by atoms with Crippen LogP contribution in [0.25, 0.3) is 5.82 Å². The first-order valence-corrected chi connectivity index (χ1v) is 13.1. The molecule has 206 valence electrons. The summed E-state index contributed by atoms with van der Waals surface area (Å²) in [5.74, 6) is 1.30. The normalized spacial score (nSPS) is 19.4. The van der Waals surface area contributed by atoms with Crippen molar-refractivity contribution in [1.29, 1.82) is 0 Å². The van der Waals surface area contributed by atoms with E-state index in [-0.39, 0.29) is 36.5 Å². The lowest BCUT2D eigenvalue weighted by Gasteiger charge is -2.28. The predicted molar refractivity (Wildman–Crippen MR) is 152 cm³/mol. The number of H-pyrrole nitrogens is 1. The van der Waals surface area contributed by atoms with Crippen LogP contribution in [0.2, 0.25) is 0 Å². The maximum Gasteiger partial charge on any atom is 0.331 e. The highest BCUT2D eigenvalue weighted by Crippen LogP contribution is 2.37. The minimum Gasteiger partial charge on any atom is -0.469 e. The van der Waals surface area contributed by atoms with Gasteiger partial charge in [0.1, 0.15) is 0 Å². The summed E-state index contributed by atoms with van der Waals surface area (Å²) in [4.78, 5) is 39.4. The van der Waals surface area contributed by atoms with E-state index in [2.05, 4.69) is 34.1 Å². The molecule has 8 nitrogen and oxygen atoms in total. The molecule has 1 fully saturated rings.